The van der Waals surface area contributed by atoms with Gasteiger partial charge in [-0.2, -0.15) is 0 Å². The molecular weight excluding hydrogens is 427 g/mol. The Balaban J connectivity index is 1.67. The van der Waals surface area contributed by atoms with Gasteiger partial charge in [-0.25, -0.2) is 0 Å². The van der Waals surface area contributed by atoms with Crippen molar-refractivity contribution >= 4 is 40.5 Å². The van der Waals surface area contributed by atoms with Crippen LogP contribution in [0.2, 0.25) is 15.1 Å². The third-order valence-corrected chi connectivity index (χ3v) is 7.24. The van der Waals surface area contributed by atoms with Crippen LogP contribution < -0.4 is 15.0 Å². The molecule has 6 heteroatoms. The Morgan fingerprint density at radius 3 is 2.38 bits per heavy atom. The summed E-state index contributed by atoms with van der Waals surface area (Å²) in [4.78, 5) is 2.50. The zero-order valence-corrected chi connectivity index (χ0v) is 18.6. The third kappa shape index (κ3) is 3.72. The number of halogens is 3. The van der Waals surface area contributed by atoms with E-state index < -0.39 is 0 Å². The summed E-state index contributed by atoms with van der Waals surface area (Å²) in [6.07, 6.45) is 6.32. The van der Waals surface area contributed by atoms with Crippen molar-refractivity contribution < 1.29 is 4.74 Å². The van der Waals surface area contributed by atoms with Crippen LogP contribution in [-0.4, -0.2) is 32.3 Å². The fourth-order valence-corrected chi connectivity index (χ4v) is 6.02. The third-order valence-electron chi connectivity index (χ3n) is 6.43. The van der Waals surface area contributed by atoms with E-state index in [9.17, 15) is 0 Å². The fraction of sp³-hybridized carbons (Fsp3) is 0.478. The highest BCUT2D eigenvalue weighted by Crippen LogP contribution is 2.50. The quantitative estimate of drug-likeness (QED) is 0.561. The fourth-order valence-electron chi connectivity index (χ4n) is 4.99. The summed E-state index contributed by atoms with van der Waals surface area (Å²) in [6, 6.07) is 7.99. The van der Waals surface area contributed by atoms with Gasteiger partial charge in [0.1, 0.15) is 11.9 Å². The van der Waals surface area contributed by atoms with Gasteiger partial charge in [0, 0.05) is 41.7 Å². The molecule has 2 aromatic rings. The minimum absolute atomic E-state index is 0.253. The van der Waals surface area contributed by atoms with Gasteiger partial charge in [0.25, 0.3) is 0 Å². The molecule has 154 valence electrons. The van der Waals surface area contributed by atoms with Crippen molar-refractivity contribution in [3.05, 3.63) is 44.9 Å². The first kappa shape index (κ1) is 19.8. The van der Waals surface area contributed by atoms with Crippen molar-refractivity contribution in [3.8, 4) is 16.9 Å². The second kappa shape index (κ2) is 8.19. The summed E-state index contributed by atoms with van der Waals surface area (Å²) < 4.78 is 6.54. The molecule has 2 aromatic carbocycles. The monoisotopic (exact) mass is 450 g/mol. The molecule has 0 radical (unpaired) electrons. The highest BCUT2D eigenvalue weighted by molar-refractivity contribution is 6.41. The highest BCUT2D eigenvalue weighted by Gasteiger charge is 2.39. The highest BCUT2D eigenvalue weighted by atomic mass is 35.5. The van der Waals surface area contributed by atoms with E-state index in [1.54, 1.807) is 12.1 Å². The number of piperidine rings is 1. The first-order valence-corrected chi connectivity index (χ1v) is 11.7. The van der Waals surface area contributed by atoms with Gasteiger partial charge in [0.15, 0.2) is 0 Å². The molecule has 3 aliphatic rings. The molecule has 1 N–H and O–H groups in total. The SMILES string of the molecule is Clc1cc(Cl)c(-c2cc3c(c(N4CCCCCC4)c2)O[C@H]2CCNC[C@@H]32)c(Cl)c1. The average molecular weight is 452 g/mol. The maximum absolute atomic E-state index is 6.60. The molecule has 2 atom stereocenters. The number of anilines is 1. The van der Waals surface area contributed by atoms with E-state index in [1.807, 2.05) is 0 Å². The molecule has 5 rings (SSSR count). The number of ether oxygens (including phenoxy) is 1. The molecule has 0 aromatic heterocycles. The van der Waals surface area contributed by atoms with Crippen LogP contribution in [0.3, 0.4) is 0 Å². The summed E-state index contributed by atoms with van der Waals surface area (Å²) >= 11 is 19.4. The predicted octanol–water partition coefficient (Wildman–Crippen LogP) is 6.53. The van der Waals surface area contributed by atoms with Gasteiger partial charge < -0.3 is 15.0 Å². The molecule has 3 aliphatic heterocycles. The zero-order valence-electron chi connectivity index (χ0n) is 16.3. The first-order valence-electron chi connectivity index (χ1n) is 10.6. The van der Waals surface area contributed by atoms with Gasteiger partial charge in [-0.3, -0.25) is 0 Å². The molecule has 0 unspecified atom stereocenters. The summed E-state index contributed by atoms with van der Waals surface area (Å²) in [5.41, 5.74) is 4.37. The Kier molecular flexibility index (Phi) is 5.59. The van der Waals surface area contributed by atoms with Gasteiger partial charge in [-0.1, -0.05) is 47.6 Å². The number of nitrogens with zero attached hydrogens (tertiary/aromatic N) is 1. The van der Waals surface area contributed by atoms with E-state index in [0.717, 1.165) is 49.5 Å². The number of hydrogen-bond acceptors (Lipinski definition) is 3. The van der Waals surface area contributed by atoms with Crippen molar-refractivity contribution in [1.29, 1.82) is 0 Å². The molecule has 0 bridgehead atoms. The smallest absolute Gasteiger partial charge is 0.146 e. The molecule has 29 heavy (non-hydrogen) atoms. The number of benzene rings is 2. The van der Waals surface area contributed by atoms with Crippen molar-refractivity contribution in [2.24, 2.45) is 0 Å². The lowest BCUT2D eigenvalue weighted by Crippen LogP contribution is -2.37. The normalized spacial score (nSPS) is 23.9. The summed E-state index contributed by atoms with van der Waals surface area (Å²) in [5, 5.41) is 5.26. The lowest BCUT2D eigenvalue weighted by Gasteiger charge is -2.26. The van der Waals surface area contributed by atoms with E-state index in [2.05, 4.69) is 22.3 Å². The Morgan fingerprint density at radius 2 is 1.66 bits per heavy atom. The number of hydrogen-bond donors (Lipinski definition) is 1. The average Bonchev–Trinajstić information content (AvgIpc) is 2.86. The summed E-state index contributed by atoms with van der Waals surface area (Å²) in [7, 11) is 0. The molecule has 2 fully saturated rings. The first-order chi connectivity index (χ1) is 14.1. The van der Waals surface area contributed by atoms with Crippen LogP contribution in [0.15, 0.2) is 24.3 Å². The van der Waals surface area contributed by atoms with E-state index >= 15 is 0 Å². The van der Waals surface area contributed by atoms with E-state index in [0.29, 0.717) is 21.0 Å². The Hall–Kier alpha value is -1.13. The second-order valence-corrected chi connectivity index (χ2v) is 9.57. The Bertz CT molecular complexity index is 902. The van der Waals surface area contributed by atoms with Crippen molar-refractivity contribution in [3.63, 3.8) is 0 Å². The Labute approximate surface area is 187 Å². The second-order valence-electron chi connectivity index (χ2n) is 8.32. The predicted molar refractivity (Wildman–Crippen MR) is 122 cm³/mol. The van der Waals surface area contributed by atoms with E-state index in [-0.39, 0.29) is 6.10 Å². The van der Waals surface area contributed by atoms with E-state index in [1.165, 1.54) is 36.9 Å². The van der Waals surface area contributed by atoms with Crippen LogP contribution >= 0.6 is 34.8 Å². The lowest BCUT2D eigenvalue weighted by molar-refractivity contribution is 0.172. The molecule has 0 saturated carbocycles. The number of nitrogens with one attached hydrogen (secondary N) is 1. The van der Waals surface area contributed by atoms with Gasteiger partial charge in [-0.05, 0) is 55.6 Å². The van der Waals surface area contributed by atoms with Gasteiger partial charge in [-0.15, -0.1) is 0 Å². The van der Waals surface area contributed by atoms with Crippen LogP contribution in [0.25, 0.3) is 11.1 Å². The lowest BCUT2D eigenvalue weighted by atomic mass is 9.88. The molecule has 0 amide bonds. The number of fused-ring (bicyclic) bond motifs is 3. The van der Waals surface area contributed by atoms with Crippen molar-refractivity contribution in [2.45, 2.75) is 44.1 Å². The molecule has 3 nitrogen and oxygen atoms in total. The van der Waals surface area contributed by atoms with Crippen LogP contribution in [-0.2, 0) is 0 Å². The van der Waals surface area contributed by atoms with Gasteiger partial charge in [0.2, 0.25) is 0 Å². The molecule has 0 aliphatic carbocycles. The van der Waals surface area contributed by atoms with Gasteiger partial charge in [0.05, 0.1) is 15.7 Å². The molecule has 2 saturated heterocycles. The largest absolute Gasteiger partial charge is 0.487 e. The minimum atomic E-state index is 0.253. The topological polar surface area (TPSA) is 24.5 Å². The Morgan fingerprint density at radius 1 is 0.931 bits per heavy atom. The number of rotatable bonds is 2. The van der Waals surface area contributed by atoms with Crippen LogP contribution in [0.4, 0.5) is 5.69 Å². The van der Waals surface area contributed by atoms with Crippen LogP contribution in [0.1, 0.15) is 43.6 Å². The minimum Gasteiger partial charge on any atom is -0.487 e. The van der Waals surface area contributed by atoms with Crippen LogP contribution in [0.5, 0.6) is 5.75 Å². The summed E-state index contributed by atoms with van der Waals surface area (Å²) in [6.45, 7) is 4.09. The van der Waals surface area contributed by atoms with Crippen molar-refractivity contribution in [2.75, 3.05) is 31.1 Å². The summed E-state index contributed by atoms with van der Waals surface area (Å²) in [5.74, 6) is 1.44. The van der Waals surface area contributed by atoms with E-state index in [4.69, 9.17) is 39.5 Å². The maximum atomic E-state index is 6.60. The molecule has 0 spiro atoms. The molecular formula is C23H25Cl3N2O. The van der Waals surface area contributed by atoms with Crippen LogP contribution in [0, 0.1) is 0 Å². The van der Waals surface area contributed by atoms with Gasteiger partial charge >= 0.3 is 0 Å². The molecule has 3 heterocycles. The zero-order chi connectivity index (χ0) is 20.0. The van der Waals surface area contributed by atoms with Crippen molar-refractivity contribution in [1.82, 2.24) is 5.32 Å². The standard InChI is InChI=1S/C23H25Cl3N2O/c24-15-11-18(25)22(19(26)12-15)14-9-16-17-13-27-6-5-21(17)29-23(16)20(10-14)28-7-3-1-2-4-8-28/h9-12,17,21,27H,1-8,13H2/t17-,21-/m0/s1. The maximum Gasteiger partial charge on any atom is 0.146 e.